The van der Waals surface area contributed by atoms with Crippen LogP contribution in [-0.2, 0) is 4.74 Å². The summed E-state index contributed by atoms with van der Waals surface area (Å²) >= 11 is 0. The van der Waals surface area contributed by atoms with Crippen LogP contribution in [0.25, 0.3) is 11.0 Å². The maximum absolute atomic E-state index is 12.6. The van der Waals surface area contributed by atoms with Crippen LogP contribution in [0, 0.1) is 0 Å². The third kappa shape index (κ3) is 4.42. The molecule has 0 N–H and O–H groups in total. The second-order valence-electron chi connectivity index (χ2n) is 7.92. The summed E-state index contributed by atoms with van der Waals surface area (Å²) in [5, 5.41) is 0. The standard InChI is InChI=1S/C20H28N4O2/c1-20(2,3)26-19(25)24-12-8-7-9-15(24)14-23(4)18-13-21-16-10-5-6-11-17(16)22-18/h5-6,10-11,13,15H,7-9,12,14H2,1-4H3. The van der Waals surface area contributed by atoms with Crippen LogP contribution >= 0.6 is 0 Å². The fraction of sp³-hybridized carbons (Fsp3) is 0.550. The first-order valence-corrected chi connectivity index (χ1v) is 9.26. The van der Waals surface area contributed by atoms with Gasteiger partial charge < -0.3 is 14.5 Å². The van der Waals surface area contributed by atoms with E-state index in [0.29, 0.717) is 6.54 Å². The van der Waals surface area contributed by atoms with Crippen molar-refractivity contribution < 1.29 is 9.53 Å². The van der Waals surface area contributed by atoms with E-state index in [1.165, 1.54) is 0 Å². The Morgan fingerprint density at radius 2 is 2.00 bits per heavy atom. The summed E-state index contributed by atoms with van der Waals surface area (Å²) < 4.78 is 5.59. The summed E-state index contributed by atoms with van der Waals surface area (Å²) in [4.78, 5) is 25.7. The molecular weight excluding hydrogens is 328 g/mol. The van der Waals surface area contributed by atoms with E-state index in [4.69, 9.17) is 9.72 Å². The predicted molar refractivity (Wildman–Crippen MR) is 103 cm³/mol. The number of ether oxygens (including phenoxy) is 1. The van der Waals surface area contributed by atoms with Gasteiger partial charge in [0.25, 0.3) is 0 Å². The van der Waals surface area contributed by atoms with Crippen molar-refractivity contribution in [3.8, 4) is 0 Å². The molecule has 1 saturated heterocycles. The molecular formula is C20H28N4O2. The van der Waals surface area contributed by atoms with Gasteiger partial charge in [-0.25, -0.2) is 9.78 Å². The number of nitrogens with zero attached hydrogens (tertiary/aromatic N) is 4. The Bertz CT molecular complexity index is 772. The molecule has 2 aromatic rings. The van der Waals surface area contributed by atoms with Gasteiger partial charge in [0.1, 0.15) is 11.4 Å². The summed E-state index contributed by atoms with van der Waals surface area (Å²) in [5.74, 6) is 0.818. The number of carbonyl (C=O) groups excluding carboxylic acids is 1. The van der Waals surface area contributed by atoms with E-state index < -0.39 is 5.60 Å². The number of rotatable bonds is 3. The van der Waals surface area contributed by atoms with Crippen LogP contribution in [0.2, 0.25) is 0 Å². The molecule has 0 radical (unpaired) electrons. The van der Waals surface area contributed by atoms with Crippen molar-refractivity contribution >= 4 is 22.9 Å². The highest BCUT2D eigenvalue weighted by atomic mass is 16.6. The number of aromatic nitrogens is 2. The van der Waals surface area contributed by atoms with Crippen LogP contribution < -0.4 is 4.90 Å². The van der Waals surface area contributed by atoms with E-state index in [1.54, 1.807) is 6.20 Å². The van der Waals surface area contributed by atoms with Crippen LogP contribution in [0.3, 0.4) is 0 Å². The van der Waals surface area contributed by atoms with Gasteiger partial charge in [-0.15, -0.1) is 0 Å². The molecule has 1 fully saturated rings. The number of likely N-dealkylation sites (tertiary alicyclic amines) is 1. The average molecular weight is 356 g/mol. The first-order chi connectivity index (χ1) is 12.3. The van der Waals surface area contributed by atoms with Gasteiger partial charge in [0.15, 0.2) is 0 Å². The molecule has 6 nitrogen and oxygen atoms in total. The quantitative estimate of drug-likeness (QED) is 0.836. The monoisotopic (exact) mass is 356 g/mol. The van der Waals surface area contributed by atoms with Gasteiger partial charge in [-0.05, 0) is 52.2 Å². The number of fused-ring (bicyclic) bond motifs is 1. The largest absolute Gasteiger partial charge is 0.444 e. The lowest BCUT2D eigenvalue weighted by atomic mass is 10.0. The first kappa shape index (κ1) is 18.4. The van der Waals surface area contributed by atoms with E-state index in [9.17, 15) is 4.79 Å². The first-order valence-electron chi connectivity index (χ1n) is 9.26. The number of amides is 1. The maximum atomic E-state index is 12.6. The SMILES string of the molecule is CN(CC1CCCCN1C(=O)OC(C)(C)C)c1cnc2ccccc2n1. The lowest BCUT2D eigenvalue weighted by molar-refractivity contribution is 0.0108. The smallest absolute Gasteiger partial charge is 0.410 e. The molecule has 3 rings (SSSR count). The number of hydrogen-bond acceptors (Lipinski definition) is 5. The van der Waals surface area contributed by atoms with Gasteiger partial charge in [0.05, 0.1) is 23.3 Å². The van der Waals surface area contributed by atoms with E-state index in [2.05, 4.69) is 9.88 Å². The third-order valence-corrected chi connectivity index (χ3v) is 4.57. The summed E-state index contributed by atoms with van der Waals surface area (Å²) in [5.41, 5.74) is 1.29. The molecule has 2 heterocycles. The third-order valence-electron chi connectivity index (χ3n) is 4.57. The fourth-order valence-corrected chi connectivity index (χ4v) is 3.29. The van der Waals surface area contributed by atoms with Crippen molar-refractivity contribution in [3.63, 3.8) is 0 Å². The van der Waals surface area contributed by atoms with E-state index in [0.717, 1.165) is 42.7 Å². The molecule has 1 atom stereocenters. The van der Waals surface area contributed by atoms with Gasteiger partial charge in [-0.1, -0.05) is 12.1 Å². The van der Waals surface area contributed by atoms with E-state index in [-0.39, 0.29) is 12.1 Å². The molecule has 1 amide bonds. The van der Waals surface area contributed by atoms with Crippen molar-refractivity contribution in [2.24, 2.45) is 0 Å². The minimum absolute atomic E-state index is 0.122. The van der Waals surface area contributed by atoms with Gasteiger partial charge in [-0.2, -0.15) is 0 Å². The Hall–Kier alpha value is -2.37. The zero-order chi connectivity index (χ0) is 18.7. The average Bonchev–Trinajstić information content (AvgIpc) is 2.60. The molecule has 6 heteroatoms. The Morgan fingerprint density at radius 1 is 1.27 bits per heavy atom. The zero-order valence-corrected chi connectivity index (χ0v) is 16.1. The van der Waals surface area contributed by atoms with E-state index >= 15 is 0 Å². The number of likely N-dealkylation sites (N-methyl/N-ethyl adjacent to an activating group) is 1. The Balaban J connectivity index is 1.72. The van der Waals surface area contributed by atoms with Crippen LogP contribution in [-0.4, -0.2) is 52.7 Å². The summed E-state index contributed by atoms with van der Waals surface area (Å²) in [6, 6.07) is 7.97. The highest BCUT2D eigenvalue weighted by Gasteiger charge is 2.31. The number of carbonyl (C=O) groups is 1. The molecule has 0 bridgehead atoms. The van der Waals surface area contributed by atoms with Crippen molar-refractivity contribution in [2.75, 3.05) is 25.0 Å². The molecule has 1 aliphatic rings. The zero-order valence-electron chi connectivity index (χ0n) is 16.1. The van der Waals surface area contributed by atoms with E-state index in [1.807, 2.05) is 57.0 Å². The van der Waals surface area contributed by atoms with Crippen molar-refractivity contribution in [2.45, 2.75) is 51.7 Å². The number of piperidine rings is 1. The minimum Gasteiger partial charge on any atom is -0.444 e. The normalized spacial score (nSPS) is 18.0. The van der Waals surface area contributed by atoms with Crippen LogP contribution in [0.5, 0.6) is 0 Å². The summed E-state index contributed by atoms with van der Waals surface area (Å²) in [7, 11) is 2.00. The Kier molecular flexibility index (Phi) is 5.30. The Labute approximate surface area is 155 Å². The molecule has 0 spiro atoms. The minimum atomic E-state index is -0.477. The lowest BCUT2D eigenvalue weighted by Crippen LogP contribution is -2.50. The maximum Gasteiger partial charge on any atom is 0.410 e. The van der Waals surface area contributed by atoms with Gasteiger partial charge in [0, 0.05) is 20.1 Å². The lowest BCUT2D eigenvalue weighted by Gasteiger charge is -2.38. The molecule has 0 aliphatic carbocycles. The summed E-state index contributed by atoms with van der Waals surface area (Å²) in [6.45, 7) is 7.17. The number of benzene rings is 1. The van der Waals surface area contributed by atoms with Crippen LogP contribution in [0.4, 0.5) is 10.6 Å². The second kappa shape index (κ2) is 7.48. The molecule has 1 unspecified atom stereocenters. The second-order valence-corrected chi connectivity index (χ2v) is 7.92. The van der Waals surface area contributed by atoms with Crippen LogP contribution in [0.1, 0.15) is 40.0 Å². The molecule has 1 aromatic carbocycles. The fourth-order valence-electron chi connectivity index (χ4n) is 3.29. The van der Waals surface area contributed by atoms with Gasteiger partial charge in [0.2, 0.25) is 0 Å². The summed E-state index contributed by atoms with van der Waals surface area (Å²) in [6.07, 6.45) is 4.70. The van der Waals surface area contributed by atoms with Crippen molar-refractivity contribution in [1.82, 2.24) is 14.9 Å². The number of para-hydroxylation sites is 2. The molecule has 1 aliphatic heterocycles. The number of hydrogen-bond donors (Lipinski definition) is 0. The van der Waals surface area contributed by atoms with Crippen molar-refractivity contribution in [3.05, 3.63) is 30.5 Å². The van der Waals surface area contributed by atoms with Crippen LogP contribution in [0.15, 0.2) is 30.5 Å². The van der Waals surface area contributed by atoms with Crippen molar-refractivity contribution in [1.29, 1.82) is 0 Å². The highest BCUT2D eigenvalue weighted by molar-refractivity contribution is 5.75. The predicted octanol–water partition coefficient (Wildman–Crippen LogP) is 3.86. The molecule has 140 valence electrons. The van der Waals surface area contributed by atoms with Gasteiger partial charge >= 0.3 is 6.09 Å². The highest BCUT2D eigenvalue weighted by Crippen LogP contribution is 2.23. The van der Waals surface area contributed by atoms with Gasteiger partial charge in [-0.3, -0.25) is 4.98 Å². The molecule has 1 aromatic heterocycles. The topological polar surface area (TPSA) is 58.6 Å². The number of anilines is 1. The molecule has 0 saturated carbocycles. The molecule has 26 heavy (non-hydrogen) atoms. The Morgan fingerprint density at radius 3 is 2.73 bits per heavy atom.